The number of nitrogens with zero attached hydrogens (tertiary/aromatic N) is 4. The van der Waals surface area contributed by atoms with Crippen molar-refractivity contribution >= 4 is 32.7 Å². The summed E-state index contributed by atoms with van der Waals surface area (Å²) in [6.45, 7) is 0.807. The Hall–Kier alpha value is -1.95. The van der Waals surface area contributed by atoms with Gasteiger partial charge in [0.25, 0.3) is 0 Å². The monoisotopic (exact) mass is 331 g/mol. The highest BCUT2D eigenvalue weighted by Gasteiger charge is 2.04. The van der Waals surface area contributed by atoms with Crippen LogP contribution in [0.25, 0.3) is 11.0 Å². The molecule has 0 unspecified atom stereocenters. The van der Waals surface area contributed by atoms with Crippen LogP contribution in [0, 0.1) is 0 Å². The number of nitrogens with one attached hydrogen (secondary N) is 1. The van der Waals surface area contributed by atoms with E-state index in [1.165, 1.54) is 0 Å². The molecule has 0 aliphatic carbocycles. The van der Waals surface area contributed by atoms with Gasteiger partial charge in [0.05, 0.1) is 11.2 Å². The molecule has 3 heterocycles. The minimum Gasteiger partial charge on any atom is -0.383 e. The largest absolute Gasteiger partial charge is 0.383 e. The van der Waals surface area contributed by atoms with E-state index in [1.54, 1.807) is 12.4 Å². The summed E-state index contributed by atoms with van der Waals surface area (Å²) >= 11 is 3.41. The Morgan fingerprint density at radius 1 is 1.25 bits per heavy atom. The predicted molar refractivity (Wildman–Crippen MR) is 82.6 cm³/mol. The standard InChI is InChI=1S/C14H14BrN5/c1-20-7-6-18-13(20)3-5-16-11-2-4-17-12-8-10(15)9-19-14(11)12/h2,4,6-9H,3,5H2,1H3,(H,16,17). The Labute approximate surface area is 125 Å². The molecule has 3 aromatic rings. The molecular weight excluding hydrogens is 318 g/mol. The molecular formula is C14H14BrN5. The molecule has 3 rings (SSSR count). The first kappa shape index (κ1) is 13.1. The predicted octanol–water partition coefficient (Wildman–Crippen LogP) is 2.78. The van der Waals surface area contributed by atoms with Crippen molar-refractivity contribution < 1.29 is 0 Å². The Balaban J connectivity index is 1.76. The minimum atomic E-state index is 0.807. The maximum atomic E-state index is 4.42. The fraction of sp³-hybridized carbons (Fsp3) is 0.214. The number of imidazole rings is 1. The second kappa shape index (κ2) is 5.58. The molecule has 0 radical (unpaired) electrons. The molecule has 6 heteroatoms. The topological polar surface area (TPSA) is 55.6 Å². The summed E-state index contributed by atoms with van der Waals surface area (Å²) in [4.78, 5) is 13.1. The molecule has 0 aliphatic rings. The van der Waals surface area contributed by atoms with Gasteiger partial charge in [-0.05, 0) is 28.1 Å². The smallest absolute Gasteiger partial charge is 0.112 e. The van der Waals surface area contributed by atoms with Crippen molar-refractivity contribution in [1.29, 1.82) is 0 Å². The van der Waals surface area contributed by atoms with E-state index < -0.39 is 0 Å². The number of rotatable bonds is 4. The van der Waals surface area contributed by atoms with Crippen molar-refractivity contribution in [2.75, 3.05) is 11.9 Å². The average Bonchev–Trinajstić information content (AvgIpc) is 2.84. The number of anilines is 1. The van der Waals surface area contributed by atoms with Crippen LogP contribution in [0.5, 0.6) is 0 Å². The van der Waals surface area contributed by atoms with Crippen molar-refractivity contribution in [3.8, 4) is 0 Å². The number of aromatic nitrogens is 4. The maximum Gasteiger partial charge on any atom is 0.112 e. The summed E-state index contributed by atoms with van der Waals surface area (Å²) in [5.74, 6) is 1.06. The molecule has 5 nitrogen and oxygen atoms in total. The molecule has 0 saturated heterocycles. The molecule has 0 bridgehead atoms. The Kier molecular flexibility index (Phi) is 3.64. The van der Waals surface area contributed by atoms with E-state index in [1.807, 2.05) is 36.1 Å². The molecule has 20 heavy (non-hydrogen) atoms. The van der Waals surface area contributed by atoms with Crippen molar-refractivity contribution in [2.45, 2.75) is 6.42 Å². The molecule has 1 N–H and O–H groups in total. The van der Waals surface area contributed by atoms with Gasteiger partial charge in [-0.1, -0.05) is 0 Å². The third-order valence-electron chi connectivity index (χ3n) is 3.13. The highest BCUT2D eigenvalue weighted by Crippen LogP contribution is 2.21. The zero-order valence-electron chi connectivity index (χ0n) is 11.0. The lowest BCUT2D eigenvalue weighted by atomic mass is 10.2. The zero-order chi connectivity index (χ0) is 13.9. The maximum absolute atomic E-state index is 4.42. The van der Waals surface area contributed by atoms with Gasteiger partial charge < -0.3 is 9.88 Å². The lowest BCUT2D eigenvalue weighted by Crippen LogP contribution is -2.09. The van der Waals surface area contributed by atoms with E-state index in [4.69, 9.17) is 0 Å². The van der Waals surface area contributed by atoms with E-state index in [0.29, 0.717) is 0 Å². The van der Waals surface area contributed by atoms with Crippen molar-refractivity contribution in [1.82, 2.24) is 19.5 Å². The van der Waals surface area contributed by atoms with Gasteiger partial charge in [-0.15, -0.1) is 0 Å². The first-order valence-electron chi connectivity index (χ1n) is 6.34. The van der Waals surface area contributed by atoms with Crippen LogP contribution in [0.1, 0.15) is 5.82 Å². The summed E-state index contributed by atoms with van der Waals surface area (Å²) in [5.41, 5.74) is 2.76. The van der Waals surface area contributed by atoms with Gasteiger partial charge in [0.2, 0.25) is 0 Å². The van der Waals surface area contributed by atoms with E-state index in [2.05, 4.69) is 36.2 Å². The Bertz CT molecular complexity index is 737. The molecule has 0 atom stereocenters. The summed E-state index contributed by atoms with van der Waals surface area (Å²) < 4.78 is 2.96. The van der Waals surface area contributed by atoms with E-state index in [0.717, 1.165) is 40.0 Å². The van der Waals surface area contributed by atoms with Gasteiger partial charge in [0.1, 0.15) is 11.3 Å². The third-order valence-corrected chi connectivity index (χ3v) is 3.56. The van der Waals surface area contributed by atoms with Gasteiger partial charge >= 0.3 is 0 Å². The quantitative estimate of drug-likeness (QED) is 0.798. The van der Waals surface area contributed by atoms with Crippen LogP contribution in [-0.4, -0.2) is 26.1 Å². The van der Waals surface area contributed by atoms with Crippen LogP contribution in [0.15, 0.2) is 41.4 Å². The second-order valence-corrected chi connectivity index (χ2v) is 5.43. The second-order valence-electron chi connectivity index (χ2n) is 4.51. The van der Waals surface area contributed by atoms with Crippen LogP contribution in [-0.2, 0) is 13.5 Å². The van der Waals surface area contributed by atoms with E-state index >= 15 is 0 Å². The average molecular weight is 332 g/mol. The van der Waals surface area contributed by atoms with Crippen molar-refractivity contribution in [3.63, 3.8) is 0 Å². The van der Waals surface area contributed by atoms with E-state index in [-0.39, 0.29) is 0 Å². The van der Waals surface area contributed by atoms with Crippen LogP contribution in [0.2, 0.25) is 0 Å². The molecule has 0 fully saturated rings. The normalized spacial score (nSPS) is 10.9. The fourth-order valence-corrected chi connectivity index (χ4v) is 2.41. The van der Waals surface area contributed by atoms with Gasteiger partial charge in [-0.25, -0.2) is 4.98 Å². The number of hydrogen-bond acceptors (Lipinski definition) is 4. The molecule has 0 spiro atoms. The van der Waals surface area contributed by atoms with Crippen LogP contribution < -0.4 is 5.32 Å². The first-order valence-corrected chi connectivity index (χ1v) is 7.13. The summed E-state index contributed by atoms with van der Waals surface area (Å²) in [7, 11) is 2.00. The zero-order valence-corrected chi connectivity index (χ0v) is 12.6. The molecule has 0 saturated carbocycles. The lowest BCUT2D eigenvalue weighted by molar-refractivity contribution is 0.790. The van der Waals surface area contributed by atoms with Gasteiger partial charge in [0, 0.05) is 49.3 Å². The number of fused-ring (bicyclic) bond motifs is 1. The Morgan fingerprint density at radius 3 is 2.95 bits per heavy atom. The highest BCUT2D eigenvalue weighted by molar-refractivity contribution is 9.10. The Morgan fingerprint density at radius 2 is 2.15 bits per heavy atom. The third kappa shape index (κ3) is 2.65. The summed E-state index contributed by atoms with van der Waals surface area (Å²) in [5, 5.41) is 3.40. The molecule has 0 aromatic carbocycles. The first-order chi connectivity index (χ1) is 9.74. The van der Waals surface area contributed by atoms with Crippen molar-refractivity contribution in [3.05, 3.63) is 47.2 Å². The number of aryl methyl sites for hydroxylation is 1. The minimum absolute atomic E-state index is 0.807. The SMILES string of the molecule is Cn1ccnc1CCNc1ccnc2cc(Br)cnc12. The van der Waals surface area contributed by atoms with Crippen molar-refractivity contribution in [2.24, 2.45) is 7.05 Å². The van der Waals surface area contributed by atoms with Gasteiger partial charge in [0.15, 0.2) is 0 Å². The van der Waals surface area contributed by atoms with Crippen LogP contribution in [0.3, 0.4) is 0 Å². The number of hydrogen-bond donors (Lipinski definition) is 1. The molecule has 3 aromatic heterocycles. The van der Waals surface area contributed by atoms with E-state index in [9.17, 15) is 0 Å². The van der Waals surface area contributed by atoms with Crippen LogP contribution >= 0.6 is 15.9 Å². The summed E-state index contributed by atoms with van der Waals surface area (Å²) in [6, 6.07) is 3.91. The lowest BCUT2D eigenvalue weighted by Gasteiger charge is -2.08. The number of pyridine rings is 2. The highest BCUT2D eigenvalue weighted by atomic mass is 79.9. The van der Waals surface area contributed by atoms with Gasteiger partial charge in [-0.3, -0.25) is 9.97 Å². The summed E-state index contributed by atoms with van der Waals surface area (Å²) in [6.07, 6.45) is 8.21. The number of halogens is 1. The van der Waals surface area contributed by atoms with Crippen LogP contribution in [0.4, 0.5) is 5.69 Å². The molecule has 102 valence electrons. The molecule has 0 amide bonds. The molecule has 0 aliphatic heterocycles. The fourth-order valence-electron chi connectivity index (χ4n) is 2.09. The van der Waals surface area contributed by atoms with Gasteiger partial charge in [-0.2, -0.15) is 0 Å².